The van der Waals surface area contributed by atoms with Crippen molar-refractivity contribution in [2.45, 2.75) is 37.7 Å². The fourth-order valence-electron chi connectivity index (χ4n) is 3.81. The molecule has 0 spiro atoms. The maximum atomic E-state index is 13.2. The van der Waals surface area contributed by atoms with Crippen molar-refractivity contribution in [1.29, 1.82) is 0 Å². The number of rotatable bonds is 9. The van der Waals surface area contributed by atoms with Gasteiger partial charge in [-0.15, -0.1) is 0 Å². The Morgan fingerprint density at radius 2 is 1.79 bits per heavy atom. The second kappa shape index (κ2) is 10.5. The number of hydrogen-bond acceptors (Lipinski definition) is 6. The van der Waals surface area contributed by atoms with E-state index in [-0.39, 0.29) is 11.1 Å². The van der Waals surface area contributed by atoms with Gasteiger partial charge in [-0.25, -0.2) is 9.97 Å². The number of thioether (sulfide) groups is 1. The summed E-state index contributed by atoms with van der Waals surface area (Å²) < 4.78 is 1.75. The Labute approximate surface area is 200 Å². The predicted octanol–water partition coefficient (Wildman–Crippen LogP) is 4.31. The van der Waals surface area contributed by atoms with Crippen LogP contribution in [-0.4, -0.2) is 44.1 Å². The summed E-state index contributed by atoms with van der Waals surface area (Å²) in [5.74, 6) is 0.908. The van der Waals surface area contributed by atoms with Crippen molar-refractivity contribution >= 4 is 45.2 Å². The normalized spacial score (nSPS) is 11.6. The number of fused-ring (bicyclic) bond motifs is 2. The van der Waals surface area contributed by atoms with Crippen molar-refractivity contribution < 1.29 is 0 Å². The molecule has 4 aromatic rings. The minimum absolute atomic E-state index is 0.0442. The first-order chi connectivity index (χ1) is 16.0. The SMILES string of the molecule is CCN(CC)CCCn1c(SCc2nc3ccc(Cl)cc3c(=O)[nH]2)nc2ccccc2c1=O. The van der Waals surface area contributed by atoms with Crippen LogP contribution in [0.25, 0.3) is 21.8 Å². The van der Waals surface area contributed by atoms with E-state index < -0.39 is 0 Å². The van der Waals surface area contributed by atoms with E-state index >= 15 is 0 Å². The highest BCUT2D eigenvalue weighted by atomic mass is 35.5. The summed E-state index contributed by atoms with van der Waals surface area (Å²) in [6.07, 6.45) is 0.848. The van der Waals surface area contributed by atoms with Crippen LogP contribution in [0.3, 0.4) is 0 Å². The van der Waals surface area contributed by atoms with Gasteiger partial charge in [0.2, 0.25) is 0 Å². The molecule has 2 aromatic heterocycles. The zero-order valence-corrected chi connectivity index (χ0v) is 20.2. The predicted molar refractivity (Wildman–Crippen MR) is 135 cm³/mol. The number of aromatic amines is 1. The van der Waals surface area contributed by atoms with Crippen molar-refractivity contribution in [2.24, 2.45) is 0 Å². The van der Waals surface area contributed by atoms with Crippen LogP contribution in [0.15, 0.2) is 57.2 Å². The molecule has 0 aliphatic heterocycles. The van der Waals surface area contributed by atoms with Gasteiger partial charge in [0.05, 0.1) is 27.6 Å². The highest BCUT2D eigenvalue weighted by Crippen LogP contribution is 2.22. The van der Waals surface area contributed by atoms with E-state index in [1.807, 2.05) is 24.3 Å². The maximum Gasteiger partial charge on any atom is 0.262 e. The molecule has 0 saturated heterocycles. The third-order valence-corrected chi connectivity index (χ3v) is 6.85. The van der Waals surface area contributed by atoms with E-state index in [4.69, 9.17) is 16.6 Å². The van der Waals surface area contributed by atoms with Gasteiger partial charge in [-0.1, -0.05) is 49.3 Å². The number of nitrogens with one attached hydrogen (secondary N) is 1. The highest BCUT2D eigenvalue weighted by Gasteiger charge is 2.13. The van der Waals surface area contributed by atoms with Crippen molar-refractivity contribution in [3.8, 4) is 0 Å². The quantitative estimate of drug-likeness (QED) is 0.282. The van der Waals surface area contributed by atoms with Crippen LogP contribution < -0.4 is 11.1 Å². The van der Waals surface area contributed by atoms with Crippen LogP contribution in [0.1, 0.15) is 26.1 Å². The molecular formula is C24H26ClN5O2S. The van der Waals surface area contributed by atoms with Crippen molar-refractivity contribution in [3.05, 3.63) is 74.0 Å². The molecule has 9 heteroatoms. The topological polar surface area (TPSA) is 83.9 Å². The van der Waals surface area contributed by atoms with E-state index in [2.05, 4.69) is 28.7 Å². The van der Waals surface area contributed by atoms with Gasteiger partial charge in [0, 0.05) is 11.6 Å². The van der Waals surface area contributed by atoms with Crippen LogP contribution in [0.4, 0.5) is 0 Å². The second-order valence-corrected chi connectivity index (χ2v) is 9.09. The Kier molecular flexibility index (Phi) is 7.47. The zero-order valence-electron chi connectivity index (χ0n) is 18.7. The molecule has 7 nitrogen and oxygen atoms in total. The molecule has 0 aliphatic carbocycles. The Morgan fingerprint density at radius 1 is 1.03 bits per heavy atom. The van der Waals surface area contributed by atoms with Crippen LogP contribution in [0, 0.1) is 0 Å². The van der Waals surface area contributed by atoms with Gasteiger partial charge in [-0.3, -0.25) is 14.2 Å². The van der Waals surface area contributed by atoms with Crippen LogP contribution >= 0.6 is 23.4 Å². The fourth-order valence-corrected chi connectivity index (χ4v) is 4.88. The molecule has 2 aromatic carbocycles. The molecule has 0 fully saturated rings. The average molecular weight is 484 g/mol. The minimum Gasteiger partial charge on any atom is -0.309 e. The molecule has 4 rings (SSSR count). The number of para-hydroxylation sites is 1. The highest BCUT2D eigenvalue weighted by molar-refractivity contribution is 7.98. The summed E-state index contributed by atoms with van der Waals surface area (Å²) in [6, 6.07) is 12.5. The van der Waals surface area contributed by atoms with Crippen molar-refractivity contribution in [1.82, 2.24) is 24.4 Å². The van der Waals surface area contributed by atoms with Crippen LogP contribution in [0.2, 0.25) is 5.02 Å². The standard InChI is InChI=1S/C24H26ClN5O2S/c1-3-29(4-2)12-7-13-30-23(32)17-8-5-6-9-19(17)27-24(30)33-15-21-26-20-11-10-16(25)14-18(20)22(31)28-21/h5-6,8-11,14H,3-4,7,12-13,15H2,1-2H3,(H,26,28,31). The third-order valence-electron chi connectivity index (χ3n) is 5.63. The number of benzene rings is 2. The van der Waals surface area contributed by atoms with Crippen molar-refractivity contribution in [3.63, 3.8) is 0 Å². The molecule has 0 bridgehead atoms. The Balaban J connectivity index is 1.63. The number of aromatic nitrogens is 4. The lowest BCUT2D eigenvalue weighted by Crippen LogP contribution is -2.28. The zero-order chi connectivity index (χ0) is 23.4. The van der Waals surface area contributed by atoms with Gasteiger partial charge in [0.15, 0.2) is 5.16 Å². The summed E-state index contributed by atoms with van der Waals surface area (Å²) in [7, 11) is 0. The molecule has 2 heterocycles. The summed E-state index contributed by atoms with van der Waals surface area (Å²) in [5.41, 5.74) is 0.972. The van der Waals surface area contributed by atoms with E-state index in [0.717, 1.165) is 26.1 Å². The molecule has 0 aliphatic rings. The molecule has 0 amide bonds. The second-order valence-electron chi connectivity index (χ2n) is 7.71. The first-order valence-electron chi connectivity index (χ1n) is 11.0. The minimum atomic E-state index is -0.235. The molecule has 0 saturated carbocycles. The molecule has 1 N–H and O–H groups in total. The van der Waals surface area contributed by atoms with E-state index in [1.54, 1.807) is 22.8 Å². The van der Waals surface area contributed by atoms with Gasteiger partial charge in [-0.2, -0.15) is 0 Å². The number of hydrogen-bond donors (Lipinski definition) is 1. The van der Waals surface area contributed by atoms with Gasteiger partial charge < -0.3 is 9.88 Å². The van der Waals surface area contributed by atoms with Gasteiger partial charge in [-0.05, 0) is 56.4 Å². The summed E-state index contributed by atoms with van der Waals surface area (Å²) in [5, 5.41) is 2.18. The lowest BCUT2D eigenvalue weighted by Gasteiger charge is -2.19. The largest absolute Gasteiger partial charge is 0.309 e. The number of H-pyrrole nitrogens is 1. The summed E-state index contributed by atoms with van der Waals surface area (Å²) in [4.78, 5) is 40.2. The fraction of sp³-hybridized carbons (Fsp3) is 0.333. The number of nitrogens with zero attached hydrogens (tertiary/aromatic N) is 4. The van der Waals surface area contributed by atoms with Gasteiger partial charge in [0.25, 0.3) is 11.1 Å². The molecule has 0 atom stereocenters. The summed E-state index contributed by atoms with van der Waals surface area (Å²) >= 11 is 7.40. The lowest BCUT2D eigenvalue weighted by atomic mass is 10.2. The molecule has 0 unspecified atom stereocenters. The molecule has 172 valence electrons. The third kappa shape index (κ3) is 5.29. The molecule has 33 heavy (non-hydrogen) atoms. The maximum absolute atomic E-state index is 13.2. The van der Waals surface area contributed by atoms with Gasteiger partial charge >= 0.3 is 0 Å². The summed E-state index contributed by atoms with van der Waals surface area (Å²) in [6.45, 7) is 7.73. The van der Waals surface area contributed by atoms with E-state index in [0.29, 0.717) is 50.1 Å². The van der Waals surface area contributed by atoms with Gasteiger partial charge in [0.1, 0.15) is 5.82 Å². The first kappa shape index (κ1) is 23.5. The van der Waals surface area contributed by atoms with E-state index in [9.17, 15) is 9.59 Å². The Hall–Kier alpha value is -2.68. The Morgan fingerprint density at radius 3 is 2.58 bits per heavy atom. The monoisotopic (exact) mass is 483 g/mol. The first-order valence-corrected chi connectivity index (χ1v) is 12.4. The van der Waals surface area contributed by atoms with Crippen LogP contribution in [0.5, 0.6) is 0 Å². The molecule has 0 radical (unpaired) electrons. The van der Waals surface area contributed by atoms with Crippen LogP contribution in [-0.2, 0) is 12.3 Å². The molecular weight excluding hydrogens is 458 g/mol. The Bertz CT molecular complexity index is 1400. The van der Waals surface area contributed by atoms with Crippen molar-refractivity contribution in [2.75, 3.05) is 19.6 Å². The smallest absolute Gasteiger partial charge is 0.262 e. The average Bonchev–Trinajstić information content (AvgIpc) is 2.82. The number of halogens is 1. The van der Waals surface area contributed by atoms with E-state index in [1.165, 1.54) is 11.8 Å². The lowest BCUT2D eigenvalue weighted by molar-refractivity contribution is 0.290.